The van der Waals surface area contributed by atoms with E-state index in [9.17, 15) is 4.79 Å². The molecule has 0 saturated heterocycles. The standard InChI is InChI=1S/C10H21NO3/c1-4-9(7-12)11-10(13)6-5-8(2)14-3/h8-9,12H,4-7H2,1-3H3,(H,11,13)/t8?,9-/m1/s1. The molecule has 0 heterocycles. The first-order valence-electron chi connectivity index (χ1n) is 5.07. The summed E-state index contributed by atoms with van der Waals surface area (Å²) in [5.74, 6) is -0.0187. The summed E-state index contributed by atoms with van der Waals surface area (Å²) in [6.07, 6.45) is 2.02. The average molecular weight is 203 g/mol. The Morgan fingerprint density at radius 3 is 2.64 bits per heavy atom. The third kappa shape index (κ3) is 5.94. The van der Waals surface area contributed by atoms with Crippen LogP contribution in [0.1, 0.15) is 33.1 Å². The first-order valence-corrected chi connectivity index (χ1v) is 5.07. The second-order valence-corrected chi connectivity index (χ2v) is 3.44. The molecule has 0 radical (unpaired) electrons. The second kappa shape index (κ2) is 7.76. The average Bonchev–Trinajstić information content (AvgIpc) is 2.22. The molecule has 0 bridgehead atoms. The molecule has 84 valence electrons. The van der Waals surface area contributed by atoms with Gasteiger partial charge in [0.15, 0.2) is 0 Å². The van der Waals surface area contributed by atoms with Gasteiger partial charge in [0, 0.05) is 13.5 Å². The first kappa shape index (κ1) is 13.4. The van der Waals surface area contributed by atoms with Gasteiger partial charge >= 0.3 is 0 Å². The number of hydrogen-bond acceptors (Lipinski definition) is 3. The number of nitrogens with one attached hydrogen (secondary N) is 1. The highest BCUT2D eigenvalue weighted by atomic mass is 16.5. The summed E-state index contributed by atoms with van der Waals surface area (Å²) in [6, 6.07) is -0.111. The largest absolute Gasteiger partial charge is 0.394 e. The van der Waals surface area contributed by atoms with Crippen molar-refractivity contribution in [1.82, 2.24) is 5.32 Å². The van der Waals surface area contributed by atoms with Crippen molar-refractivity contribution in [3.8, 4) is 0 Å². The molecular weight excluding hydrogens is 182 g/mol. The monoisotopic (exact) mass is 203 g/mol. The van der Waals surface area contributed by atoms with E-state index < -0.39 is 0 Å². The number of methoxy groups -OCH3 is 1. The van der Waals surface area contributed by atoms with Crippen molar-refractivity contribution >= 4 is 5.91 Å². The lowest BCUT2D eigenvalue weighted by Crippen LogP contribution is -2.37. The molecule has 0 rings (SSSR count). The summed E-state index contributed by atoms with van der Waals surface area (Å²) < 4.78 is 5.03. The van der Waals surface area contributed by atoms with E-state index in [0.717, 1.165) is 6.42 Å². The Kier molecular flexibility index (Phi) is 7.42. The lowest BCUT2D eigenvalue weighted by atomic mass is 10.2. The number of hydrogen-bond donors (Lipinski definition) is 2. The Morgan fingerprint density at radius 2 is 2.21 bits per heavy atom. The van der Waals surface area contributed by atoms with E-state index in [-0.39, 0.29) is 24.7 Å². The number of aliphatic hydroxyl groups excluding tert-OH is 1. The van der Waals surface area contributed by atoms with E-state index in [1.165, 1.54) is 0 Å². The minimum atomic E-state index is -0.111. The maximum absolute atomic E-state index is 11.3. The highest BCUT2D eigenvalue weighted by Crippen LogP contribution is 2.00. The van der Waals surface area contributed by atoms with E-state index in [2.05, 4.69) is 5.32 Å². The molecule has 4 heteroatoms. The molecule has 2 atom stereocenters. The fourth-order valence-corrected chi connectivity index (χ4v) is 1.03. The van der Waals surface area contributed by atoms with Crippen molar-refractivity contribution in [2.75, 3.05) is 13.7 Å². The van der Waals surface area contributed by atoms with Crippen molar-refractivity contribution in [3.05, 3.63) is 0 Å². The summed E-state index contributed by atoms with van der Waals surface area (Å²) in [5.41, 5.74) is 0. The van der Waals surface area contributed by atoms with Gasteiger partial charge in [0.1, 0.15) is 0 Å². The quantitative estimate of drug-likeness (QED) is 0.640. The van der Waals surface area contributed by atoms with Crippen LogP contribution in [-0.2, 0) is 9.53 Å². The highest BCUT2D eigenvalue weighted by Gasteiger charge is 2.10. The SMILES string of the molecule is CC[C@H](CO)NC(=O)CCC(C)OC. The van der Waals surface area contributed by atoms with Gasteiger partial charge in [-0.1, -0.05) is 6.92 Å². The first-order chi connectivity index (χ1) is 6.63. The molecule has 1 amide bonds. The third-order valence-corrected chi connectivity index (χ3v) is 2.26. The maximum Gasteiger partial charge on any atom is 0.220 e. The molecule has 0 aliphatic rings. The van der Waals surface area contributed by atoms with E-state index in [0.29, 0.717) is 12.8 Å². The lowest BCUT2D eigenvalue weighted by Gasteiger charge is -2.14. The third-order valence-electron chi connectivity index (χ3n) is 2.26. The smallest absolute Gasteiger partial charge is 0.220 e. The molecule has 0 aromatic rings. The van der Waals surface area contributed by atoms with E-state index in [1.54, 1.807) is 7.11 Å². The predicted octanol–water partition coefficient (Wildman–Crippen LogP) is 0.689. The number of amides is 1. The Labute approximate surface area is 85.6 Å². The number of carbonyl (C=O) groups excluding carboxylic acids is 1. The van der Waals surface area contributed by atoms with E-state index >= 15 is 0 Å². The summed E-state index contributed by atoms with van der Waals surface area (Å²) in [5, 5.41) is 11.6. The van der Waals surface area contributed by atoms with Gasteiger partial charge < -0.3 is 15.2 Å². The zero-order valence-electron chi connectivity index (χ0n) is 9.25. The summed E-state index contributed by atoms with van der Waals surface area (Å²) in [7, 11) is 1.63. The zero-order valence-corrected chi connectivity index (χ0v) is 9.25. The van der Waals surface area contributed by atoms with Crippen LogP contribution in [0, 0.1) is 0 Å². The topological polar surface area (TPSA) is 58.6 Å². The van der Waals surface area contributed by atoms with Crippen molar-refractivity contribution < 1.29 is 14.6 Å². The van der Waals surface area contributed by atoms with Gasteiger partial charge in [0.05, 0.1) is 18.8 Å². The normalized spacial score (nSPS) is 14.9. The second-order valence-electron chi connectivity index (χ2n) is 3.44. The van der Waals surface area contributed by atoms with Gasteiger partial charge in [0.2, 0.25) is 5.91 Å². The molecule has 0 spiro atoms. The number of ether oxygens (including phenoxy) is 1. The van der Waals surface area contributed by atoms with Gasteiger partial charge in [-0.3, -0.25) is 4.79 Å². The molecule has 1 unspecified atom stereocenters. The molecular formula is C10H21NO3. The van der Waals surface area contributed by atoms with Crippen LogP contribution in [-0.4, -0.2) is 36.9 Å². The summed E-state index contributed by atoms with van der Waals surface area (Å²) >= 11 is 0. The predicted molar refractivity (Wildman–Crippen MR) is 55.0 cm³/mol. The number of carbonyl (C=O) groups is 1. The van der Waals surface area contributed by atoms with E-state index in [1.807, 2.05) is 13.8 Å². The van der Waals surface area contributed by atoms with Crippen LogP contribution in [0.5, 0.6) is 0 Å². The molecule has 0 aromatic heterocycles. The van der Waals surface area contributed by atoms with Crippen molar-refractivity contribution in [2.24, 2.45) is 0 Å². The Hall–Kier alpha value is -0.610. The van der Waals surface area contributed by atoms with Gasteiger partial charge in [-0.15, -0.1) is 0 Å². The Morgan fingerprint density at radius 1 is 1.57 bits per heavy atom. The Balaban J connectivity index is 3.64. The van der Waals surface area contributed by atoms with Crippen LogP contribution in [0.2, 0.25) is 0 Å². The van der Waals surface area contributed by atoms with Crippen LogP contribution in [0.3, 0.4) is 0 Å². The number of aliphatic hydroxyl groups is 1. The molecule has 4 nitrogen and oxygen atoms in total. The van der Waals surface area contributed by atoms with Crippen molar-refractivity contribution in [3.63, 3.8) is 0 Å². The molecule has 0 fully saturated rings. The minimum absolute atomic E-state index is 0.00205. The molecule has 0 saturated carbocycles. The molecule has 0 aliphatic heterocycles. The van der Waals surface area contributed by atoms with Crippen LogP contribution >= 0.6 is 0 Å². The molecule has 14 heavy (non-hydrogen) atoms. The Bertz CT molecular complexity index is 157. The van der Waals surface area contributed by atoms with Crippen LogP contribution in [0.25, 0.3) is 0 Å². The van der Waals surface area contributed by atoms with Crippen LogP contribution in [0.15, 0.2) is 0 Å². The highest BCUT2D eigenvalue weighted by molar-refractivity contribution is 5.76. The van der Waals surface area contributed by atoms with Crippen LogP contribution in [0.4, 0.5) is 0 Å². The molecule has 2 N–H and O–H groups in total. The van der Waals surface area contributed by atoms with Crippen molar-refractivity contribution in [1.29, 1.82) is 0 Å². The van der Waals surface area contributed by atoms with Gasteiger partial charge in [-0.2, -0.15) is 0 Å². The molecule has 0 aliphatic carbocycles. The van der Waals surface area contributed by atoms with Gasteiger partial charge in [-0.25, -0.2) is 0 Å². The lowest BCUT2D eigenvalue weighted by molar-refractivity contribution is -0.122. The fourth-order valence-electron chi connectivity index (χ4n) is 1.03. The van der Waals surface area contributed by atoms with Gasteiger partial charge in [-0.05, 0) is 19.8 Å². The molecule has 0 aromatic carbocycles. The zero-order chi connectivity index (χ0) is 11.0. The summed E-state index contributed by atoms with van der Waals surface area (Å²) in [4.78, 5) is 11.3. The summed E-state index contributed by atoms with van der Waals surface area (Å²) in [6.45, 7) is 3.86. The van der Waals surface area contributed by atoms with E-state index in [4.69, 9.17) is 9.84 Å². The maximum atomic E-state index is 11.3. The van der Waals surface area contributed by atoms with Crippen LogP contribution < -0.4 is 5.32 Å². The fraction of sp³-hybridized carbons (Fsp3) is 0.900. The van der Waals surface area contributed by atoms with Crippen molar-refractivity contribution in [2.45, 2.75) is 45.3 Å². The minimum Gasteiger partial charge on any atom is -0.394 e. The number of rotatable bonds is 7. The van der Waals surface area contributed by atoms with Gasteiger partial charge in [0.25, 0.3) is 0 Å².